The molecule has 3 aromatic carbocycles. The molecule has 5 aromatic rings. The van der Waals surface area contributed by atoms with Gasteiger partial charge in [0.25, 0.3) is 5.56 Å². The van der Waals surface area contributed by atoms with Gasteiger partial charge in [-0.3, -0.25) is 4.79 Å². The van der Waals surface area contributed by atoms with Crippen molar-refractivity contribution in [3.05, 3.63) is 112 Å². The molecule has 1 atom stereocenters. The molecule has 1 N–H and O–H groups in total. The van der Waals surface area contributed by atoms with E-state index in [1.807, 2.05) is 80.6 Å². The van der Waals surface area contributed by atoms with Gasteiger partial charge in [0.1, 0.15) is 5.75 Å². The number of carbonyl (C=O) groups is 1. The minimum absolute atomic E-state index is 0.245. The second-order valence-electron chi connectivity index (χ2n) is 8.93. The maximum Gasteiger partial charge on any atom is 0.344 e. The Kier molecular flexibility index (Phi) is 6.62. The van der Waals surface area contributed by atoms with Gasteiger partial charge in [-0.25, -0.2) is 9.78 Å². The molecular weight excluding hydrogens is 480 g/mol. The normalized spacial score (nSPS) is 12.2. The van der Waals surface area contributed by atoms with E-state index in [1.165, 1.54) is 11.6 Å². The van der Waals surface area contributed by atoms with E-state index in [9.17, 15) is 9.59 Å². The number of carboxylic acids is 1. The summed E-state index contributed by atoms with van der Waals surface area (Å²) in [6.45, 7) is 5.45. The van der Waals surface area contributed by atoms with Crippen molar-refractivity contribution in [1.82, 2.24) is 14.2 Å². The molecule has 0 spiro atoms. The van der Waals surface area contributed by atoms with Crippen LogP contribution in [-0.4, -0.2) is 37.6 Å². The van der Waals surface area contributed by atoms with Crippen molar-refractivity contribution in [2.75, 3.05) is 0 Å². The third kappa shape index (κ3) is 4.71. The zero-order chi connectivity index (χ0) is 26.8. The van der Waals surface area contributed by atoms with E-state index in [0.717, 1.165) is 28.2 Å². The molecule has 0 saturated heterocycles. The zero-order valence-corrected chi connectivity index (χ0v) is 21.2. The highest BCUT2D eigenvalue weighted by atomic mass is 16.5. The van der Waals surface area contributed by atoms with Crippen LogP contribution in [0.3, 0.4) is 0 Å². The Bertz CT molecular complexity index is 1720. The van der Waals surface area contributed by atoms with E-state index in [1.54, 1.807) is 24.4 Å². The van der Waals surface area contributed by atoms with Gasteiger partial charge >= 0.3 is 5.97 Å². The minimum atomic E-state index is -1.02. The molecule has 8 nitrogen and oxygen atoms in total. The molecular formula is C30H26N4O4. The van der Waals surface area contributed by atoms with Gasteiger partial charge in [-0.1, -0.05) is 42.5 Å². The number of fused-ring (bicyclic) bond motifs is 1. The molecule has 2 aromatic heterocycles. The smallest absolute Gasteiger partial charge is 0.344 e. The van der Waals surface area contributed by atoms with Crippen molar-refractivity contribution >= 4 is 23.1 Å². The number of aryl methyl sites for hydroxylation is 1. The van der Waals surface area contributed by atoms with E-state index in [2.05, 4.69) is 9.67 Å². The largest absolute Gasteiger partial charge is 0.479 e. The van der Waals surface area contributed by atoms with Gasteiger partial charge in [0, 0.05) is 28.2 Å². The molecule has 38 heavy (non-hydrogen) atoms. The Morgan fingerprint density at radius 3 is 2.39 bits per heavy atom. The number of nitrogens with zero attached hydrogens (tertiary/aromatic N) is 4. The first-order valence-corrected chi connectivity index (χ1v) is 12.1. The van der Waals surface area contributed by atoms with Crippen LogP contribution in [0.5, 0.6) is 5.75 Å². The molecule has 0 bridgehead atoms. The Hall–Kier alpha value is -4.98. The number of aliphatic carboxylic acids is 1. The van der Waals surface area contributed by atoms with Crippen molar-refractivity contribution in [1.29, 1.82) is 0 Å². The van der Waals surface area contributed by atoms with Gasteiger partial charge in [-0.2, -0.15) is 9.78 Å². The summed E-state index contributed by atoms with van der Waals surface area (Å²) in [5.41, 5.74) is 4.81. The molecule has 2 heterocycles. The lowest BCUT2D eigenvalue weighted by Crippen LogP contribution is -2.22. The number of carboxylic acid groups (broad SMARTS) is 1. The monoisotopic (exact) mass is 506 g/mol. The summed E-state index contributed by atoms with van der Waals surface area (Å²) in [5.74, 6) is -0.0821. The van der Waals surface area contributed by atoms with E-state index in [-0.39, 0.29) is 5.56 Å². The number of benzene rings is 3. The fraction of sp³-hybridized carbons (Fsp3) is 0.133. The first-order valence-electron chi connectivity index (χ1n) is 12.1. The highest BCUT2D eigenvalue weighted by molar-refractivity contribution is 5.83. The van der Waals surface area contributed by atoms with E-state index < -0.39 is 12.1 Å². The molecule has 0 radical (unpaired) electrons. The first-order chi connectivity index (χ1) is 18.3. The summed E-state index contributed by atoms with van der Waals surface area (Å²) in [6.07, 6.45) is 0.738. The summed E-state index contributed by atoms with van der Waals surface area (Å²) < 4.78 is 8.85. The molecule has 8 heteroatoms. The summed E-state index contributed by atoms with van der Waals surface area (Å²) in [4.78, 5) is 29.2. The number of hydrogen-bond donors (Lipinski definition) is 1. The second-order valence-corrected chi connectivity index (χ2v) is 8.93. The highest BCUT2D eigenvalue weighted by Crippen LogP contribution is 2.23. The highest BCUT2D eigenvalue weighted by Gasteiger charge is 2.15. The molecule has 190 valence electrons. The molecule has 5 rings (SSSR count). The van der Waals surface area contributed by atoms with Crippen LogP contribution in [0.25, 0.3) is 28.0 Å². The van der Waals surface area contributed by atoms with Crippen molar-refractivity contribution < 1.29 is 14.6 Å². The third-order valence-corrected chi connectivity index (χ3v) is 6.32. The number of hydrogen-bond acceptors (Lipinski definition) is 5. The van der Waals surface area contributed by atoms with Crippen molar-refractivity contribution in [3.8, 4) is 22.8 Å². The fourth-order valence-corrected chi connectivity index (χ4v) is 4.37. The molecule has 0 amide bonds. The van der Waals surface area contributed by atoms with Gasteiger partial charge in [-0.05, 0) is 63.2 Å². The van der Waals surface area contributed by atoms with E-state index in [4.69, 9.17) is 14.8 Å². The number of ether oxygens (including phenoxy) is 1. The van der Waals surface area contributed by atoms with Gasteiger partial charge in [-0.15, -0.1) is 0 Å². The van der Waals surface area contributed by atoms with Crippen molar-refractivity contribution in [2.45, 2.75) is 26.9 Å². The number of aromatic nitrogens is 3. The van der Waals surface area contributed by atoms with Gasteiger partial charge in [0.15, 0.2) is 11.9 Å². The molecule has 0 fully saturated rings. The van der Waals surface area contributed by atoms with Crippen LogP contribution < -0.4 is 10.3 Å². The molecule has 0 aliphatic carbocycles. The minimum Gasteiger partial charge on any atom is -0.479 e. The summed E-state index contributed by atoms with van der Waals surface area (Å²) in [7, 11) is 0. The average molecular weight is 507 g/mol. The summed E-state index contributed by atoms with van der Waals surface area (Å²) in [5, 5.41) is 14.2. The average Bonchev–Trinajstić information content (AvgIpc) is 3.21. The van der Waals surface area contributed by atoms with Crippen molar-refractivity contribution in [2.24, 2.45) is 5.10 Å². The summed E-state index contributed by atoms with van der Waals surface area (Å²) >= 11 is 0. The predicted octanol–water partition coefficient (Wildman–Crippen LogP) is 5.21. The predicted molar refractivity (Wildman–Crippen MR) is 147 cm³/mol. The molecule has 0 saturated carbocycles. The number of para-hydroxylation sites is 1. The topological polar surface area (TPSA) is 98.7 Å². The Morgan fingerprint density at radius 1 is 1.00 bits per heavy atom. The SMILES string of the molecule is Cc1cc(C=Nn2c(-c3ccccc3)nc3ccccc3c2=O)c(C)n1-c1ccc(O[C@@H](C)C(=O)O)cc1. The second kappa shape index (κ2) is 10.2. The zero-order valence-electron chi connectivity index (χ0n) is 21.2. The lowest BCUT2D eigenvalue weighted by Gasteiger charge is -2.13. The quantitative estimate of drug-likeness (QED) is 0.306. The Balaban J connectivity index is 1.53. The maximum atomic E-state index is 13.4. The molecule has 0 aliphatic rings. The van der Waals surface area contributed by atoms with Crippen LogP contribution in [0.2, 0.25) is 0 Å². The van der Waals surface area contributed by atoms with Gasteiger partial charge < -0.3 is 14.4 Å². The molecule has 0 aliphatic heterocycles. The van der Waals surface area contributed by atoms with Crippen LogP contribution in [0, 0.1) is 13.8 Å². The third-order valence-electron chi connectivity index (χ3n) is 6.32. The van der Waals surface area contributed by atoms with Crippen LogP contribution in [0.15, 0.2) is 94.8 Å². The lowest BCUT2D eigenvalue weighted by atomic mass is 10.2. The van der Waals surface area contributed by atoms with Gasteiger partial charge in [0.05, 0.1) is 17.1 Å². The standard InChI is InChI=1S/C30H26N4O4/c1-19-17-23(20(2)33(19)24-13-15-25(16-14-24)38-21(3)30(36)37)18-31-34-28(22-9-5-4-6-10-22)32-27-12-8-7-11-26(27)29(34)35/h4-18,21H,1-3H3,(H,36,37)/t21-/m0/s1. The maximum absolute atomic E-state index is 13.4. The Labute approximate surface area is 219 Å². The van der Waals surface area contributed by atoms with Crippen LogP contribution in [-0.2, 0) is 4.79 Å². The summed E-state index contributed by atoms with van der Waals surface area (Å²) in [6, 6.07) is 26.0. The van der Waals surface area contributed by atoms with Gasteiger partial charge in [0.2, 0.25) is 0 Å². The number of rotatable bonds is 7. The van der Waals surface area contributed by atoms with Crippen molar-refractivity contribution in [3.63, 3.8) is 0 Å². The van der Waals surface area contributed by atoms with E-state index in [0.29, 0.717) is 22.5 Å². The first kappa shape index (κ1) is 24.7. The van der Waals surface area contributed by atoms with E-state index >= 15 is 0 Å². The van der Waals surface area contributed by atoms with Crippen LogP contribution in [0.4, 0.5) is 0 Å². The van der Waals surface area contributed by atoms with Crippen LogP contribution >= 0.6 is 0 Å². The molecule has 0 unspecified atom stereocenters. The van der Waals surface area contributed by atoms with Crippen LogP contribution in [0.1, 0.15) is 23.9 Å². The fourth-order valence-electron chi connectivity index (χ4n) is 4.37. The lowest BCUT2D eigenvalue weighted by molar-refractivity contribution is -0.144. The Morgan fingerprint density at radius 2 is 1.68 bits per heavy atom.